The topological polar surface area (TPSA) is 89.7 Å². The maximum Gasteiger partial charge on any atom is 0.278 e. The van der Waals surface area contributed by atoms with Gasteiger partial charge in [-0.25, -0.2) is 9.67 Å². The number of aryl methyl sites for hydroxylation is 2. The van der Waals surface area contributed by atoms with Gasteiger partial charge in [0.2, 0.25) is 0 Å². The molecule has 0 bridgehead atoms. The Balaban J connectivity index is 1.37. The lowest BCUT2D eigenvalue weighted by atomic mass is 10.1. The third-order valence-corrected chi connectivity index (χ3v) is 6.16. The third-order valence-electron chi connectivity index (χ3n) is 6.16. The summed E-state index contributed by atoms with van der Waals surface area (Å²) in [6.07, 6.45) is 6.69. The molecule has 2 aliphatic heterocycles. The fraction of sp³-hybridized carbons (Fsp3) is 0.524. The third kappa shape index (κ3) is 3.42. The van der Waals surface area contributed by atoms with Crippen LogP contribution in [0.2, 0.25) is 0 Å². The van der Waals surface area contributed by atoms with E-state index in [1.54, 1.807) is 0 Å². The molecule has 1 fully saturated rings. The summed E-state index contributed by atoms with van der Waals surface area (Å²) in [5.41, 5.74) is 4.04. The van der Waals surface area contributed by atoms with Crippen LogP contribution in [0.3, 0.4) is 0 Å². The number of nitrogens with zero attached hydrogens (tertiary/aromatic N) is 5. The molecular formula is C21H27N7O. The van der Waals surface area contributed by atoms with Crippen molar-refractivity contribution in [3.63, 3.8) is 0 Å². The van der Waals surface area contributed by atoms with Crippen LogP contribution in [0.4, 0.5) is 5.69 Å². The monoisotopic (exact) mass is 393 g/mol. The van der Waals surface area contributed by atoms with Crippen LogP contribution >= 0.6 is 0 Å². The first-order chi connectivity index (χ1) is 14.2. The van der Waals surface area contributed by atoms with Gasteiger partial charge >= 0.3 is 0 Å². The summed E-state index contributed by atoms with van der Waals surface area (Å²) in [6.45, 7) is 4.89. The second-order valence-corrected chi connectivity index (χ2v) is 8.10. The number of aromatic nitrogens is 5. The first kappa shape index (κ1) is 18.3. The summed E-state index contributed by atoms with van der Waals surface area (Å²) in [5.74, 6) is 0.935. The molecule has 2 aliphatic rings. The first-order valence-electron chi connectivity index (χ1n) is 10.6. The molecule has 152 valence electrons. The van der Waals surface area contributed by atoms with E-state index < -0.39 is 0 Å². The normalized spacial score (nSPS) is 17.8. The zero-order valence-corrected chi connectivity index (χ0v) is 16.8. The van der Waals surface area contributed by atoms with Gasteiger partial charge in [0, 0.05) is 18.7 Å². The number of piperidine rings is 1. The van der Waals surface area contributed by atoms with Crippen LogP contribution < -0.4 is 10.6 Å². The number of anilines is 1. The number of amides is 1. The van der Waals surface area contributed by atoms with Crippen molar-refractivity contribution in [2.24, 2.45) is 0 Å². The number of hydrogen-bond donors (Lipinski definition) is 2. The van der Waals surface area contributed by atoms with Crippen molar-refractivity contribution in [2.75, 3.05) is 18.4 Å². The largest absolute Gasteiger partial charge is 0.328 e. The second-order valence-electron chi connectivity index (χ2n) is 8.10. The van der Waals surface area contributed by atoms with E-state index in [0.29, 0.717) is 11.7 Å². The molecule has 0 spiro atoms. The van der Waals surface area contributed by atoms with Crippen molar-refractivity contribution in [1.82, 2.24) is 29.9 Å². The fourth-order valence-corrected chi connectivity index (χ4v) is 4.57. The second kappa shape index (κ2) is 7.59. The van der Waals surface area contributed by atoms with E-state index in [0.717, 1.165) is 67.1 Å². The predicted molar refractivity (Wildman–Crippen MR) is 111 cm³/mol. The van der Waals surface area contributed by atoms with Gasteiger partial charge in [-0.15, -0.1) is 5.10 Å². The average Bonchev–Trinajstić information content (AvgIpc) is 3.20. The molecule has 8 heteroatoms. The van der Waals surface area contributed by atoms with Crippen LogP contribution in [0.5, 0.6) is 0 Å². The summed E-state index contributed by atoms with van der Waals surface area (Å²) >= 11 is 0. The Hall–Kier alpha value is -2.74. The Labute approximate surface area is 169 Å². The number of nitrogens with one attached hydrogen (secondary N) is 2. The van der Waals surface area contributed by atoms with E-state index in [1.807, 2.05) is 23.7 Å². The van der Waals surface area contributed by atoms with Crippen molar-refractivity contribution in [3.05, 3.63) is 35.4 Å². The maximum atomic E-state index is 12.8. The molecule has 0 atom stereocenters. The van der Waals surface area contributed by atoms with Crippen molar-refractivity contribution >= 4 is 22.6 Å². The highest BCUT2D eigenvalue weighted by atomic mass is 16.2. The minimum Gasteiger partial charge on any atom is -0.328 e. The lowest BCUT2D eigenvalue weighted by molar-refractivity contribution is 0.102. The van der Waals surface area contributed by atoms with Crippen LogP contribution in [0, 0.1) is 6.92 Å². The molecule has 8 nitrogen and oxygen atoms in total. The van der Waals surface area contributed by atoms with Gasteiger partial charge < -0.3 is 15.2 Å². The Morgan fingerprint density at radius 1 is 1.21 bits per heavy atom. The van der Waals surface area contributed by atoms with Gasteiger partial charge in [0.1, 0.15) is 5.82 Å². The fourth-order valence-electron chi connectivity index (χ4n) is 4.57. The van der Waals surface area contributed by atoms with Crippen molar-refractivity contribution in [1.29, 1.82) is 0 Å². The minimum atomic E-state index is -0.220. The number of hydrogen-bond acceptors (Lipinski definition) is 5. The number of benzene rings is 1. The van der Waals surface area contributed by atoms with E-state index >= 15 is 0 Å². The van der Waals surface area contributed by atoms with Gasteiger partial charge in [-0.1, -0.05) is 11.6 Å². The minimum absolute atomic E-state index is 0.220. The molecule has 0 aliphatic carbocycles. The van der Waals surface area contributed by atoms with Crippen molar-refractivity contribution in [3.8, 4) is 0 Å². The number of fused-ring (bicyclic) bond motifs is 3. The standard InChI is InChI=1S/C21H27N7O/c1-14-20(25-26-28(14)16-8-10-22-11-9-16)21(29)23-15-6-7-18-17(13-15)24-19-5-3-2-4-12-27(18)19/h6-7,13,16,22H,2-5,8-12H2,1H3,(H,23,29). The van der Waals surface area contributed by atoms with Crippen LogP contribution in [-0.2, 0) is 13.0 Å². The molecule has 2 aromatic heterocycles. The molecule has 0 saturated carbocycles. The summed E-state index contributed by atoms with van der Waals surface area (Å²) in [6, 6.07) is 6.28. The van der Waals surface area contributed by atoms with Crippen LogP contribution in [0.15, 0.2) is 18.2 Å². The summed E-state index contributed by atoms with van der Waals surface area (Å²) < 4.78 is 4.23. The zero-order valence-electron chi connectivity index (χ0n) is 16.8. The van der Waals surface area contributed by atoms with Gasteiger partial charge in [0.25, 0.3) is 5.91 Å². The predicted octanol–water partition coefficient (Wildman–Crippen LogP) is 2.84. The molecule has 1 amide bonds. The maximum absolute atomic E-state index is 12.8. The Kier molecular flexibility index (Phi) is 4.79. The lowest BCUT2D eigenvalue weighted by Gasteiger charge is -2.23. The molecule has 1 saturated heterocycles. The van der Waals surface area contributed by atoms with E-state index in [1.165, 1.54) is 19.3 Å². The van der Waals surface area contributed by atoms with E-state index in [2.05, 4.69) is 31.6 Å². The number of rotatable bonds is 3. The average molecular weight is 393 g/mol. The molecule has 29 heavy (non-hydrogen) atoms. The highest BCUT2D eigenvalue weighted by Gasteiger charge is 2.23. The van der Waals surface area contributed by atoms with E-state index in [-0.39, 0.29) is 5.91 Å². The van der Waals surface area contributed by atoms with Crippen LogP contribution in [0.25, 0.3) is 11.0 Å². The first-order valence-corrected chi connectivity index (χ1v) is 10.6. The zero-order chi connectivity index (χ0) is 19.8. The molecule has 0 radical (unpaired) electrons. The van der Waals surface area contributed by atoms with Crippen LogP contribution in [0.1, 0.15) is 60.2 Å². The summed E-state index contributed by atoms with van der Waals surface area (Å²) in [4.78, 5) is 17.7. The number of imidazole rings is 1. The number of carbonyl (C=O) groups excluding carboxylic acids is 1. The quantitative estimate of drug-likeness (QED) is 0.714. The molecule has 0 unspecified atom stereocenters. The van der Waals surface area contributed by atoms with Crippen molar-refractivity contribution < 1.29 is 4.79 Å². The molecule has 1 aromatic carbocycles. The Morgan fingerprint density at radius 3 is 2.93 bits per heavy atom. The Bertz CT molecular complexity index is 1040. The van der Waals surface area contributed by atoms with Gasteiger partial charge in [-0.05, 0) is 63.9 Å². The summed E-state index contributed by atoms with van der Waals surface area (Å²) in [7, 11) is 0. The number of carbonyl (C=O) groups is 1. The Morgan fingerprint density at radius 2 is 2.07 bits per heavy atom. The van der Waals surface area contributed by atoms with Gasteiger partial charge in [-0.3, -0.25) is 4.79 Å². The van der Waals surface area contributed by atoms with Crippen molar-refractivity contribution in [2.45, 2.75) is 58.0 Å². The molecule has 3 aromatic rings. The van der Waals surface area contributed by atoms with Crippen LogP contribution in [-0.4, -0.2) is 43.5 Å². The highest BCUT2D eigenvalue weighted by Crippen LogP contribution is 2.25. The lowest BCUT2D eigenvalue weighted by Crippen LogP contribution is -2.30. The smallest absolute Gasteiger partial charge is 0.278 e. The highest BCUT2D eigenvalue weighted by molar-refractivity contribution is 6.04. The molecule has 2 N–H and O–H groups in total. The molecular weight excluding hydrogens is 366 g/mol. The molecule has 5 rings (SSSR count). The summed E-state index contributed by atoms with van der Waals surface area (Å²) in [5, 5.41) is 14.8. The van der Waals surface area contributed by atoms with Gasteiger partial charge in [0.05, 0.1) is 22.8 Å². The van der Waals surface area contributed by atoms with Gasteiger partial charge in [0.15, 0.2) is 5.69 Å². The molecule has 4 heterocycles. The SMILES string of the molecule is Cc1c(C(=O)Nc2ccc3c(c2)nc2n3CCCCC2)nnn1C1CCNCC1. The van der Waals surface area contributed by atoms with E-state index in [4.69, 9.17) is 4.98 Å². The van der Waals surface area contributed by atoms with Gasteiger partial charge in [-0.2, -0.15) is 0 Å². The van der Waals surface area contributed by atoms with E-state index in [9.17, 15) is 4.79 Å².